The highest BCUT2D eigenvalue weighted by Crippen LogP contribution is 2.37. The number of hydrogen-bond acceptors (Lipinski definition) is 5. The Labute approximate surface area is 240 Å². The number of nitrogens with zero attached hydrogens (tertiary/aromatic N) is 1. The molecule has 0 bridgehead atoms. The number of fused-ring (bicyclic) bond motifs is 1. The summed E-state index contributed by atoms with van der Waals surface area (Å²) >= 11 is 0. The molecule has 3 aromatic rings. The van der Waals surface area contributed by atoms with Crippen LogP contribution in [0.2, 0.25) is 0 Å². The average molecular weight is 559 g/mol. The van der Waals surface area contributed by atoms with E-state index in [1.54, 1.807) is 20.8 Å². The first-order chi connectivity index (χ1) is 19.3. The van der Waals surface area contributed by atoms with Gasteiger partial charge in [-0.1, -0.05) is 59.7 Å². The smallest absolute Gasteiger partial charge is 0.408 e. The van der Waals surface area contributed by atoms with Gasteiger partial charge in [0.15, 0.2) is 0 Å². The molecule has 0 aromatic heterocycles. The maximum Gasteiger partial charge on any atom is 0.408 e. The van der Waals surface area contributed by atoms with Gasteiger partial charge in [0.05, 0.1) is 6.42 Å². The summed E-state index contributed by atoms with van der Waals surface area (Å²) in [6.45, 7) is 8.94. The SMILES string of the molecule is Cc1cc(C)cc(C(C(=O)Nc2ccc3ccccc3c2)N(C(=O)C(CC(N)=O)NC(=O)OC(C)(C)C)C2CC2)c1. The summed E-state index contributed by atoms with van der Waals surface area (Å²) in [4.78, 5) is 54.4. The van der Waals surface area contributed by atoms with Gasteiger partial charge in [-0.05, 0) is 75.9 Å². The van der Waals surface area contributed by atoms with Crippen molar-refractivity contribution in [3.8, 4) is 0 Å². The molecular formula is C32H38N4O5. The molecule has 1 aliphatic rings. The van der Waals surface area contributed by atoms with Gasteiger partial charge in [-0.2, -0.15) is 0 Å². The van der Waals surface area contributed by atoms with Crippen molar-refractivity contribution < 1.29 is 23.9 Å². The molecule has 216 valence electrons. The minimum atomic E-state index is -1.30. The third-order valence-corrected chi connectivity index (χ3v) is 6.69. The van der Waals surface area contributed by atoms with Crippen LogP contribution in [-0.4, -0.2) is 46.4 Å². The van der Waals surface area contributed by atoms with Gasteiger partial charge in [0.2, 0.25) is 11.8 Å². The lowest BCUT2D eigenvalue weighted by molar-refractivity contribution is -0.142. The van der Waals surface area contributed by atoms with Crippen LogP contribution in [0.25, 0.3) is 10.8 Å². The molecule has 1 fully saturated rings. The van der Waals surface area contributed by atoms with Crippen molar-refractivity contribution in [2.24, 2.45) is 5.73 Å². The first-order valence-corrected chi connectivity index (χ1v) is 13.8. The molecule has 2 unspecified atom stereocenters. The standard InChI is InChI=1S/C32H38N4O5/c1-19-14-20(2)16-23(15-19)28(29(38)34-24-11-10-21-8-6-7-9-22(21)17-24)36(25-12-13-25)30(39)26(18-27(33)37)35-31(40)41-32(3,4)5/h6-11,14-17,25-26,28H,12-13,18H2,1-5H3,(H2,33,37)(H,34,38)(H,35,40). The van der Waals surface area contributed by atoms with E-state index < -0.39 is 47.9 Å². The molecule has 4 rings (SSSR count). The van der Waals surface area contributed by atoms with Gasteiger partial charge in [0.1, 0.15) is 17.7 Å². The van der Waals surface area contributed by atoms with E-state index in [1.807, 2.05) is 74.5 Å². The fourth-order valence-corrected chi connectivity index (χ4v) is 4.99. The highest BCUT2D eigenvalue weighted by atomic mass is 16.6. The van der Waals surface area contributed by atoms with E-state index in [4.69, 9.17) is 10.5 Å². The number of nitrogens with two attached hydrogens (primary N) is 1. The maximum atomic E-state index is 14.1. The van der Waals surface area contributed by atoms with E-state index in [9.17, 15) is 19.2 Å². The molecule has 9 heteroatoms. The Bertz CT molecular complexity index is 1450. The van der Waals surface area contributed by atoms with E-state index in [1.165, 1.54) is 4.90 Å². The van der Waals surface area contributed by atoms with Crippen LogP contribution in [0.5, 0.6) is 0 Å². The number of anilines is 1. The summed E-state index contributed by atoms with van der Waals surface area (Å²) in [5, 5.41) is 7.53. The first kappa shape index (κ1) is 29.6. The van der Waals surface area contributed by atoms with Crippen LogP contribution in [0, 0.1) is 13.8 Å². The van der Waals surface area contributed by atoms with Gasteiger partial charge >= 0.3 is 6.09 Å². The molecule has 1 aliphatic carbocycles. The number of rotatable bonds is 9. The van der Waals surface area contributed by atoms with Crippen molar-refractivity contribution in [1.29, 1.82) is 0 Å². The zero-order chi connectivity index (χ0) is 29.9. The van der Waals surface area contributed by atoms with Crippen LogP contribution in [0.1, 0.15) is 62.8 Å². The number of amides is 4. The third-order valence-electron chi connectivity index (χ3n) is 6.69. The molecule has 4 N–H and O–H groups in total. The van der Waals surface area contributed by atoms with Crippen LogP contribution < -0.4 is 16.4 Å². The Balaban J connectivity index is 1.72. The van der Waals surface area contributed by atoms with Crippen LogP contribution in [0.4, 0.5) is 10.5 Å². The second-order valence-corrected chi connectivity index (χ2v) is 11.7. The summed E-state index contributed by atoms with van der Waals surface area (Å²) in [6.07, 6.45) is 0.0852. The van der Waals surface area contributed by atoms with Crippen LogP contribution >= 0.6 is 0 Å². The number of nitrogens with one attached hydrogen (secondary N) is 2. The molecule has 3 aromatic carbocycles. The monoisotopic (exact) mass is 558 g/mol. The minimum absolute atomic E-state index is 0.244. The highest BCUT2D eigenvalue weighted by molar-refractivity contribution is 6.01. The zero-order valence-corrected chi connectivity index (χ0v) is 24.2. The molecule has 41 heavy (non-hydrogen) atoms. The average Bonchev–Trinajstić information content (AvgIpc) is 3.69. The van der Waals surface area contributed by atoms with E-state index in [2.05, 4.69) is 10.6 Å². The lowest BCUT2D eigenvalue weighted by Crippen LogP contribution is -2.54. The minimum Gasteiger partial charge on any atom is -0.444 e. The van der Waals surface area contributed by atoms with Crippen LogP contribution in [-0.2, 0) is 19.1 Å². The number of ether oxygens (including phenoxy) is 1. The van der Waals surface area contributed by atoms with Gasteiger partial charge in [-0.25, -0.2) is 4.79 Å². The quantitative estimate of drug-likeness (QED) is 0.344. The molecular weight excluding hydrogens is 520 g/mol. The zero-order valence-electron chi connectivity index (χ0n) is 24.2. The number of carbonyl (C=O) groups is 4. The molecule has 4 amide bonds. The summed E-state index contributed by atoms with van der Waals surface area (Å²) in [7, 11) is 0. The van der Waals surface area contributed by atoms with E-state index in [0.717, 1.165) is 21.9 Å². The van der Waals surface area contributed by atoms with Crippen molar-refractivity contribution in [2.45, 2.75) is 77.6 Å². The number of benzene rings is 3. The van der Waals surface area contributed by atoms with E-state index >= 15 is 0 Å². The van der Waals surface area contributed by atoms with Crippen molar-refractivity contribution in [1.82, 2.24) is 10.2 Å². The third kappa shape index (κ3) is 7.84. The Morgan fingerprint density at radius 2 is 1.59 bits per heavy atom. The fourth-order valence-electron chi connectivity index (χ4n) is 4.99. The molecule has 2 atom stereocenters. The van der Waals surface area contributed by atoms with Crippen molar-refractivity contribution in [2.75, 3.05) is 5.32 Å². The molecule has 1 saturated carbocycles. The molecule has 0 saturated heterocycles. The fraction of sp³-hybridized carbons (Fsp3) is 0.375. The molecule has 0 radical (unpaired) electrons. The summed E-state index contributed by atoms with van der Waals surface area (Å²) < 4.78 is 5.34. The maximum absolute atomic E-state index is 14.1. The summed E-state index contributed by atoms with van der Waals surface area (Å²) in [5.41, 5.74) is 7.76. The Kier molecular flexibility index (Phi) is 8.66. The first-order valence-electron chi connectivity index (χ1n) is 13.8. The van der Waals surface area contributed by atoms with E-state index in [0.29, 0.717) is 24.1 Å². The van der Waals surface area contributed by atoms with Gasteiger partial charge in [-0.15, -0.1) is 0 Å². The lowest BCUT2D eigenvalue weighted by atomic mass is 9.97. The Morgan fingerprint density at radius 3 is 2.17 bits per heavy atom. The van der Waals surface area contributed by atoms with Gasteiger partial charge in [0, 0.05) is 11.7 Å². The van der Waals surface area contributed by atoms with Crippen molar-refractivity contribution in [3.05, 3.63) is 77.4 Å². The Morgan fingerprint density at radius 1 is 0.951 bits per heavy atom. The van der Waals surface area contributed by atoms with Crippen molar-refractivity contribution >= 4 is 40.3 Å². The normalized spacial score (nSPS) is 14.6. The predicted octanol–water partition coefficient (Wildman–Crippen LogP) is 4.90. The molecule has 0 spiro atoms. The second-order valence-electron chi connectivity index (χ2n) is 11.7. The van der Waals surface area contributed by atoms with Gasteiger partial charge in [-0.3, -0.25) is 14.4 Å². The predicted molar refractivity (Wildman–Crippen MR) is 158 cm³/mol. The molecule has 0 aliphatic heterocycles. The summed E-state index contributed by atoms with van der Waals surface area (Å²) in [5.74, 6) is -1.74. The number of alkyl carbamates (subject to hydrolysis) is 1. The lowest BCUT2D eigenvalue weighted by Gasteiger charge is -2.34. The number of hydrogen-bond donors (Lipinski definition) is 3. The van der Waals surface area contributed by atoms with Gasteiger partial charge in [0.25, 0.3) is 5.91 Å². The highest BCUT2D eigenvalue weighted by Gasteiger charge is 2.44. The van der Waals surface area contributed by atoms with E-state index in [-0.39, 0.29) is 6.04 Å². The number of primary amides is 1. The topological polar surface area (TPSA) is 131 Å². The molecule has 0 heterocycles. The van der Waals surface area contributed by atoms with Gasteiger partial charge < -0.3 is 26.0 Å². The number of aryl methyl sites for hydroxylation is 2. The second kappa shape index (κ2) is 12.0. The van der Waals surface area contributed by atoms with Crippen LogP contribution in [0.15, 0.2) is 60.7 Å². The molecule has 9 nitrogen and oxygen atoms in total. The summed E-state index contributed by atoms with van der Waals surface area (Å²) in [6, 6.07) is 16.6. The Hall–Kier alpha value is -4.40. The van der Waals surface area contributed by atoms with Crippen molar-refractivity contribution in [3.63, 3.8) is 0 Å². The van der Waals surface area contributed by atoms with Crippen LogP contribution in [0.3, 0.4) is 0 Å². The number of carbonyl (C=O) groups excluding carboxylic acids is 4. The largest absolute Gasteiger partial charge is 0.444 e.